The van der Waals surface area contributed by atoms with Crippen molar-refractivity contribution in [3.05, 3.63) is 65.2 Å². The second-order valence-electron chi connectivity index (χ2n) is 4.66. The van der Waals surface area contributed by atoms with E-state index in [1.54, 1.807) is 4.68 Å². The Morgan fingerprint density at radius 1 is 1.05 bits per heavy atom. The van der Waals surface area contributed by atoms with Crippen LogP contribution in [0.1, 0.15) is 5.56 Å². The first kappa shape index (κ1) is 12.8. The largest absolute Gasteiger partial charge is 0.384 e. The van der Waals surface area contributed by atoms with Gasteiger partial charge in [0, 0.05) is 16.7 Å². The smallest absolute Gasteiger partial charge is 0.127 e. The number of nitrogens with zero attached hydrogens (tertiary/aromatic N) is 2. The average molecular weight is 284 g/mol. The third kappa shape index (κ3) is 2.28. The van der Waals surface area contributed by atoms with Crippen molar-refractivity contribution >= 4 is 17.4 Å². The summed E-state index contributed by atoms with van der Waals surface area (Å²) in [4.78, 5) is 0. The van der Waals surface area contributed by atoms with Crippen molar-refractivity contribution in [3.63, 3.8) is 0 Å². The van der Waals surface area contributed by atoms with E-state index in [2.05, 4.69) is 5.10 Å². The molecule has 0 aliphatic rings. The minimum atomic E-state index is 0.606. The summed E-state index contributed by atoms with van der Waals surface area (Å²) in [5, 5.41) is 5.27. The monoisotopic (exact) mass is 283 g/mol. The van der Waals surface area contributed by atoms with Gasteiger partial charge < -0.3 is 5.73 Å². The Kier molecular flexibility index (Phi) is 3.20. The molecule has 0 bridgehead atoms. The van der Waals surface area contributed by atoms with Gasteiger partial charge in [0.25, 0.3) is 0 Å². The molecular weight excluding hydrogens is 270 g/mol. The molecule has 1 aromatic heterocycles. The van der Waals surface area contributed by atoms with Crippen molar-refractivity contribution in [2.75, 3.05) is 5.73 Å². The van der Waals surface area contributed by atoms with E-state index < -0.39 is 0 Å². The molecule has 0 spiro atoms. The molecule has 0 aliphatic carbocycles. The SMILES string of the molecule is Cc1ccccc1-n1nc(-c2cccc(Cl)c2)cc1N. The van der Waals surface area contributed by atoms with Gasteiger partial charge in [-0.2, -0.15) is 5.10 Å². The van der Waals surface area contributed by atoms with E-state index in [0.29, 0.717) is 10.8 Å². The molecule has 0 aliphatic heterocycles. The predicted molar refractivity (Wildman–Crippen MR) is 83.2 cm³/mol. The van der Waals surface area contributed by atoms with Gasteiger partial charge >= 0.3 is 0 Å². The number of hydrogen-bond donors (Lipinski definition) is 1. The average Bonchev–Trinajstić information content (AvgIpc) is 2.81. The highest BCUT2D eigenvalue weighted by Gasteiger charge is 2.10. The van der Waals surface area contributed by atoms with Gasteiger partial charge in [0.1, 0.15) is 5.82 Å². The van der Waals surface area contributed by atoms with Crippen LogP contribution in [0.3, 0.4) is 0 Å². The van der Waals surface area contributed by atoms with Gasteiger partial charge in [-0.3, -0.25) is 0 Å². The Morgan fingerprint density at radius 3 is 2.60 bits per heavy atom. The number of anilines is 1. The van der Waals surface area contributed by atoms with Crippen molar-refractivity contribution in [1.29, 1.82) is 0 Å². The van der Waals surface area contributed by atoms with Crippen LogP contribution in [-0.4, -0.2) is 9.78 Å². The van der Waals surface area contributed by atoms with Crippen molar-refractivity contribution in [2.45, 2.75) is 6.92 Å². The number of rotatable bonds is 2. The molecule has 0 amide bonds. The van der Waals surface area contributed by atoms with E-state index in [1.165, 1.54) is 0 Å². The lowest BCUT2D eigenvalue weighted by Crippen LogP contribution is -2.03. The number of aryl methyl sites for hydroxylation is 1. The number of aromatic nitrogens is 2. The lowest BCUT2D eigenvalue weighted by molar-refractivity contribution is 0.887. The molecule has 0 saturated carbocycles. The predicted octanol–water partition coefficient (Wildman–Crippen LogP) is 4.08. The topological polar surface area (TPSA) is 43.8 Å². The van der Waals surface area contributed by atoms with Crippen LogP contribution < -0.4 is 5.73 Å². The summed E-state index contributed by atoms with van der Waals surface area (Å²) >= 11 is 6.02. The van der Waals surface area contributed by atoms with Crippen LogP contribution in [0.5, 0.6) is 0 Å². The Balaban J connectivity index is 2.10. The van der Waals surface area contributed by atoms with Gasteiger partial charge in [-0.1, -0.05) is 41.9 Å². The van der Waals surface area contributed by atoms with Crippen LogP contribution in [0.15, 0.2) is 54.6 Å². The molecule has 0 radical (unpaired) electrons. The third-order valence-electron chi connectivity index (χ3n) is 3.20. The summed E-state index contributed by atoms with van der Waals surface area (Å²) in [5.41, 5.74) is 9.96. The summed E-state index contributed by atoms with van der Waals surface area (Å²) in [6.45, 7) is 2.04. The molecule has 3 aromatic rings. The maximum Gasteiger partial charge on any atom is 0.127 e. The highest BCUT2D eigenvalue weighted by Crippen LogP contribution is 2.26. The maximum atomic E-state index is 6.09. The Bertz CT molecular complexity index is 762. The standard InChI is InChI=1S/C16H14ClN3/c1-11-5-2-3-8-15(11)20-16(18)10-14(19-20)12-6-4-7-13(17)9-12/h2-10H,18H2,1H3. The highest BCUT2D eigenvalue weighted by molar-refractivity contribution is 6.30. The first-order valence-corrected chi connectivity index (χ1v) is 6.70. The minimum absolute atomic E-state index is 0.606. The maximum absolute atomic E-state index is 6.09. The Morgan fingerprint density at radius 2 is 1.85 bits per heavy atom. The normalized spacial score (nSPS) is 10.7. The summed E-state index contributed by atoms with van der Waals surface area (Å²) < 4.78 is 1.76. The molecule has 0 atom stereocenters. The number of nitrogen functional groups attached to an aromatic ring is 1. The number of halogens is 1. The summed E-state index contributed by atoms with van der Waals surface area (Å²) in [5.74, 6) is 0.606. The quantitative estimate of drug-likeness (QED) is 0.770. The molecular formula is C16H14ClN3. The number of para-hydroxylation sites is 1. The fourth-order valence-electron chi connectivity index (χ4n) is 2.18. The fraction of sp³-hybridized carbons (Fsp3) is 0.0625. The van der Waals surface area contributed by atoms with Gasteiger partial charge in [0.2, 0.25) is 0 Å². The first-order chi connectivity index (χ1) is 9.65. The second kappa shape index (κ2) is 5.02. The van der Waals surface area contributed by atoms with Crippen LogP contribution in [0, 0.1) is 6.92 Å². The van der Waals surface area contributed by atoms with Crippen LogP contribution in [0.4, 0.5) is 5.82 Å². The zero-order valence-corrected chi connectivity index (χ0v) is 11.8. The van der Waals surface area contributed by atoms with E-state index in [9.17, 15) is 0 Å². The third-order valence-corrected chi connectivity index (χ3v) is 3.44. The minimum Gasteiger partial charge on any atom is -0.384 e. The lowest BCUT2D eigenvalue weighted by atomic mass is 10.1. The molecule has 3 nitrogen and oxygen atoms in total. The molecule has 0 saturated heterocycles. The zero-order valence-electron chi connectivity index (χ0n) is 11.0. The van der Waals surface area contributed by atoms with Gasteiger partial charge in [0.05, 0.1) is 11.4 Å². The Hall–Kier alpha value is -2.26. The van der Waals surface area contributed by atoms with Gasteiger partial charge in [-0.05, 0) is 30.7 Å². The van der Waals surface area contributed by atoms with E-state index >= 15 is 0 Å². The molecule has 100 valence electrons. The van der Waals surface area contributed by atoms with Crippen LogP contribution >= 0.6 is 11.6 Å². The van der Waals surface area contributed by atoms with Gasteiger partial charge in [-0.25, -0.2) is 4.68 Å². The van der Waals surface area contributed by atoms with E-state index in [4.69, 9.17) is 17.3 Å². The molecule has 20 heavy (non-hydrogen) atoms. The molecule has 2 N–H and O–H groups in total. The zero-order chi connectivity index (χ0) is 14.1. The summed E-state index contributed by atoms with van der Waals surface area (Å²) in [6.07, 6.45) is 0. The molecule has 1 heterocycles. The van der Waals surface area contributed by atoms with Crippen LogP contribution in [-0.2, 0) is 0 Å². The number of nitrogens with two attached hydrogens (primary N) is 1. The second-order valence-corrected chi connectivity index (χ2v) is 5.10. The molecule has 2 aromatic carbocycles. The summed E-state index contributed by atoms with van der Waals surface area (Å²) in [7, 11) is 0. The van der Waals surface area contributed by atoms with Crippen molar-refractivity contribution in [1.82, 2.24) is 9.78 Å². The lowest BCUT2D eigenvalue weighted by Gasteiger charge is -2.06. The highest BCUT2D eigenvalue weighted by atomic mass is 35.5. The van der Waals surface area contributed by atoms with Crippen molar-refractivity contribution in [3.8, 4) is 16.9 Å². The molecule has 4 heteroatoms. The van der Waals surface area contributed by atoms with Crippen LogP contribution in [0.25, 0.3) is 16.9 Å². The van der Waals surface area contributed by atoms with E-state index in [0.717, 1.165) is 22.5 Å². The number of benzene rings is 2. The van der Waals surface area contributed by atoms with Crippen LogP contribution in [0.2, 0.25) is 5.02 Å². The van der Waals surface area contributed by atoms with E-state index in [-0.39, 0.29) is 0 Å². The molecule has 3 rings (SSSR count). The van der Waals surface area contributed by atoms with E-state index in [1.807, 2.05) is 61.5 Å². The molecule has 0 unspecified atom stereocenters. The van der Waals surface area contributed by atoms with Gasteiger partial charge in [0.15, 0.2) is 0 Å². The first-order valence-electron chi connectivity index (χ1n) is 6.32. The molecule has 0 fully saturated rings. The van der Waals surface area contributed by atoms with Crippen molar-refractivity contribution in [2.24, 2.45) is 0 Å². The Labute approximate surface area is 122 Å². The number of hydrogen-bond acceptors (Lipinski definition) is 2. The van der Waals surface area contributed by atoms with Crippen molar-refractivity contribution < 1.29 is 0 Å². The van der Waals surface area contributed by atoms with Gasteiger partial charge in [-0.15, -0.1) is 0 Å². The fourth-order valence-corrected chi connectivity index (χ4v) is 2.37. The summed E-state index contributed by atoms with van der Waals surface area (Å²) in [6, 6.07) is 17.5.